The van der Waals surface area contributed by atoms with E-state index >= 15 is 0 Å². The Labute approximate surface area is 177 Å². The molecule has 0 radical (unpaired) electrons. The zero-order valence-corrected chi connectivity index (χ0v) is 17.2. The Bertz CT molecular complexity index is 921. The molecule has 0 aliphatic carbocycles. The van der Waals surface area contributed by atoms with Gasteiger partial charge in [-0.15, -0.1) is 0 Å². The van der Waals surface area contributed by atoms with Gasteiger partial charge in [0, 0.05) is 43.9 Å². The molecule has 6 heteroatoms. The van der Waals surface area contributed by atoms with E-state index in [0.29, 0.717) is 56.2 Å². The van der Waals surface area contributed by atoms with Gasteiger partial charge in [-0.3, -0.25) is 9.59 Å². The molecule has 0 unspecified atom stereocenters. The number of carbonyl (C=O) groups is 2. The van der Waals surface area contributed by atoms with Crippen molar-refractivity contribution in [2.24, 2.45) is 5.73 Å². The zero-order valence-electron chi connectivity index (χ0n) is 17.2. The molecule has 30 heavy (non-hydrogen) atoms. The summed E-state index contributed by atoms with van der Waals surface area (Å²) in [7, 11) is 0. The van der Waals surface area contributed by atoms with E-state index in [-0.39, 0.29) is 11.8 Å². The fourth-order valence-corrected chi connectivity index (χ4v) is 4.47. The number of carbonyl (C=O) groups excluding carboxylic acids is 2. The maximum atomic E-state index is 13.0. The van der Waals surface area contributed by atoms with E-state index < -0.39 is 6.10 Å². The molecule has 3 N–H and O–H groups in total. The van der Waals surface area contributed by atoms with Crippen LogP contribution < -0.4 is 5.73 Å². The van der Waals surface area contributed by atoms with Crippen molar-refractivity contribution >= 4 is 11.8 Å². The first kappa shape index (κ1) is 20.6. The van der Waals surface area contributed by atoms with Crippen molar-refractivity contribution < 1.29 is 14.7 Å². The van der Waals surface area contributed by atoms with E-state index in [2.05, 4.69) is 18.2 Å². The van der Waals surface area contributed by atoms with Gasteiger partial charge in [0.15, 0.2) is 0 Å². The van der Waals surface area contributed by atoms with Gasteiger partial charge in [-0.1, -0.05) is 30.3 Å². The predicted molar refractivity (Wildman–Crippen MR) is 115 cm³/mol. The lowest BCUT2D eigenvalue weighted by Crippen LogP contribution is -2.38. The molecule has 2 aliphatic rings. The fourth-order valence-electron chi connectivity index (χ4n) is 4.47. The fraction of sp³-hybridized carbons (Fsp3) is 0.417. The number of β-amino-alcohol motifs (C(OH)–C–C–N with tert-alkyl or cyclic N) is 1. The largest absolute Gasteiger partial charge is 0.391 e. The average Bonchev–Trinajstić information content (AvgIpc) is 3.24. The van der Waals surface area contributed by atoms with E-state index in [1.165, 1.54) is 5.56 Å². The van der Waals surface area contributed by atoms with Crippen LogP contribution in [0, 0.1) is 0 Å². The Kier molecular flexibility index (Phi) is 6.16. The lowest BCUT2D eigenvalue weighted by Gasteiger charge is -2.32. The van der Waals surface area contributed by atoms with Crippen LogP contribution in [0.15, 0.2) is 48.5 Å². The number of piperidine rings is 1. The van der Waals surface area contributed by atoms with Gasteiger partial charge in [-0.2, -0.15) is 0 Å². The SMILES string of the molecule is NCc1cccc(C2CCN(C(=O)c3cccc(C(=O)N4CC[C@H](O)C4)c3)CC2)c1. The number of benzene rings is 2. The summed E-state index contributed by atoms with van der Waals surface area (Å²) in [5, 5.41) is 9.68. The van der Waals surface area contributed by atoms with Crippen molar-refractivity contribution in [3.8, 4) is 0 Å². The average molecular weight is 408 g/mol. The maximum absolute atomic E-state index is 13.0. The first-order valence-electron chi connectivity index (χ1n) is 10.7. The first-order chi connectivity index (χ1) is 14.5. The number of hydrogen-bond donors (Lipinski definition) is 2. The molecule has 2 amide bonds. The van der Waals surface area contributed by atoms with Crippen molar-refractivity contribution in [1.29, 1.82) is 0 Å². The van der Waals surface area contributed by atoms with E-state index in [1.54, 1.807) is 29.2 Å². The van der Waals surface area contributed by atoms with Crippen molar-refractivity contribution in [2.75, 3.05) is 26.2 Å². The van der Waals surface area contributed by atoms with Crippen LogP contribution in [-0.4, -0.2) is 59.0 Å². The summed E-state index contributed by atoms with van der Waals surface area (Å²) >= 11 is 0. The molecule has 2 heterocycles. The number of hydrogen-bond acceptors (Lipinski definition) is 4. The van der Waals surface area contributed by atoms with Crippen LogP contribution in [0.1, 0.15) is 57.0 Å². The highest BCUT2D eigenvalue weighted by Crippen LogP contribution is 2.29. The monoisotopic (exact) mass is 407 g/mol. The summed E-state index contributed by atoms with van der Waals surface area (Å²) in [6.07, 6.45) is 1.99. The molecule has 0 saturated carbocycles. The van der Waals surface area contributed by atoms with Gasteiger partial charge in [0.2, 0.25) is 0 Å². The molecule has 6 nitrogen and oxygen atoms in total. The minimum atomic E-state index is -0.453. The lowest BCUT2D eigenvalue weighted by atomic mass is 9.88. The molecule has 2 aromatic rings. The van der Waals surface area contributed by atoms with Crippen LogP contribution in [0.4, 0.5) is 0 Å². The molecule has 0 spiro atoms. The Morgan fingerprint density at radius 3 is 2.17 bits per heavy atom. The lowest BCUT2D eigenvalue weighted by molar-refractivity contribution is 0.0713. The third-order valence-electron chi connectivity index (χ3n) is 6.25. The van der Waals surface area contributed by atoms with Crippen LogP contribution in [0.2, 0.25) is 0 Å². The van der Waals surface area contributed by atoms with Gasteiger partial charge in [-0.25, -0.2) is 0 Å². The third kappa shape index (κ3) is 4.40. The van der Waals surface area contributed by atoms with E-state index in [9.17, 15) is 14.7 Å². The van der Waals surface area contributed by atoms with Crippen LogP contribution in [-0.2, 0) is 6.54 Å². The second-order valence-electron chi connectivity index (χ2n) is 8.29. The smallest absolute Gasteiger partial charge is 0.253 e. The number of rotatable bonds is 4. The minimum Gasteiger partial charge on any atom is -0.391 e. The molecule has 0 bridgehead atoms. The van der Waals surface area contributed by atoms with Gasteiger partial charge in [-0.05, 0) is 54.5 Å². The predicted octanol–water partition coefficient (Wildman–Crippen LogP) is 2.37. The summed E-state index contributed by atoms with van der Waals surface area (Å²) in [6, 6.07) is 15.4. The van der Waals surface area contributed by atoms with Gasteiger partial charge in [0.25, 0.3) is 11.8 Å². The molecular weight excluding hydrogens is 378 g/mol. The Morgan fingerprint density at radius 2 is 1.53 bits per heavy atom. The standard InChI is InChI=1S/C24H29N3O3/c25-15-17-3-1-4-19(13-17)18-7-10-26(11-8-18)23(29)20-5-2-6-21(14-20)24(30)27-12-9-22(28)16-27/h1-6,13-14,18,22,28H,7-12,15-16,25H2/t22-/m0/s1. The highest BCUT2D eigenvalue weighted by molar-refractivity contribution is 5.99. The quantitative estimate of drug-likeness (QED) is 0.815. The number of amides is 2. The molecule has 158 valence electrons. The summed E-state index contributed by atoms with van der Waals surface area (Å²) in [6.45, 7) is 2.85. The van der Waals surface area contributed by atoms with E-state index in [1.807, 2.05) is 11.0 Å². The van der Waals surface area contributed by atoms with Gasteiger partial charge < -0.3 is 20.6 Å². The number of likely N-dealkylation sites (tertiary alicyclic amines) is 2. The first-order valence-corrected chi connectivity index (χ1v) is 10.7. The normalized spacial score (nSPS) is 19.9. The summed E-state index contributed by atoms with van der Waals surface area (Å²) in [5.74, 6) is 0.287. The van der Waals surface area contributed by atoms with Gasteiger partial charge in [0.05, 0.1) is 6.10 Å². The van der Waals surface area contributed by atoms with E-state index in [4.69, 9.17) is 5.73 Å². The number of aliphatic hydroxyl groups excluding tert-OH is 1. The molecule has 2 aliphatic heterocycles. The third-order valence-corrected chi connectivity index (χ3v) is 6.25. The molecule has 1 atom stereocenters. The van der Waals surface area contributed by atoms with Crippen molar-refractivity contribution in [3.63, 3.8) is 0 Å². The highest BCUT2D eigenvalue weighted by atomic mass is 16.3. The summed E-state index contributed by atoms with van der Waals surface area (Å²) in [4.78, 5) is 29.2. The van der Waals surface area contributed by atoms with Crippen LogP contribution in [0.5, 0.6) is 0 Å². The molecule has 2 fully saturated rings. The summed E-state index contributed by atoms with van der Waals surface area (Å²) in [5.41, 5.74) is 9.24. The summed E-state index contributed by atoms with van der Waals surface area (Å²) < 4.78 is 0. The zero-order chi connectivity index (χ0) is 21.1. The Balaban J connectivity index is 1.40. The van der Waals surface area contributed by atoms with Gasteiger partial charge >= 0.3 is 0 Å². The van der Waals surface area contributed by atoms with Crippen molar-refractivity contribution in [1.82, 2.24) is 9.80 Å². The van der Waals surface area contributed by atoms with Crippen molar-refractivity contribution in [2.45, 2.75) is 37.8 Å². The van der Waals surface area contributed by atoms with Crippen LogP contribution >= 0.6 is 0 Å². The second-order valence-corrected chi connectivity index (χ2v) is 8.29. The second kappa shape index (κ2) is 8.98. The van der Waals surface area contributed by atoms with Crippen molar-refractivity contribution in [3.05, 3.63) is 70.8 Å². The van der Waals surface area contributed by atoms with Crippen LogP contribution in [0.25, 0.3) is 0 Å². The highest BCUT2D eigenvalue weighted by Gasteiger charge is 2.27. The number of nitrogens with two attached hydrogens (primary N) is 1. The minimum absolute atomic E-state index is 0.0275. The molecular formula is C24H29N3O3. The number of aliphatic hydroxyl groups is 1. The topological polar surface area (TPSA) is 86.9 Å². The van der Waals surface area contributed by atoms with Crippen LogP contribution in [0.3, 0.4) is 0 Å². The molecule has 2 saturated heterocycles. The maximum Gasteiger partial charge on any atom is 0.253 e. The Morgan fingerprint density at radius 1 is 0.900 bits per heavy atom. The molecule has 2 aromatic carbocycles. The Hall–Kier alpha value is -2.70. The molecule has 4 rings (SSSR count). The van der Waals surface area contributed by atoms with E-state index in [0.717, 1.165) is 18.4 Å². The number of nitrogens with zero attached hydrogens (tertiary/aromatic N) is 2. The molecule has 0 aromatic heterocycles. The van der Waals surface area contributed by atoms with Gasteiger partial charge in [0.1, 0.15) is 0 Å².